The summed E-state index contributed by atoms with van der Waals surface area (Å²) in [5.41, 5.74) is -3.70. The molecular formula is C29H53I2N3O6. The maximum absolute atomic E-state index is 14.2. The minimum atomic E-state index is -1.69. The Hall–Kier alpha value is 0.650. The van der Waals surface area contributed by atoms with E-state index in [0.29, 0.717) is 38.5 Å². The van der Waals surface area contributed by atoms with Crippen molar-refractivity contribution in [1.29, 1.82) is 0 Å². The molecule has 234 valence electrons. The van der Waals surface area contributed by atoms with E-state index >= 15 is 0 Å². The van der Waals surface area contributed by atoms with Gasteiger partial charge < -0.3 is 0 Å². The molecule has 3 saturated heterocycles. The molecule has 11 heteroatoms. The van der Waals surface area contributed by atoms with Gasteiger partial charge in [0.25, 0.3) is 0 Å². The van der Waals surface area contributed by atoms with Crippen LogP contribution in [0.3, 0.4) is 0 Å². The SMILES string of the molecule is CI1NC1(C(=O)OC(C1CC(C(C)(C)O)CC(C(C)(C)O)C1)C1CC(C(C)(C)O)CC(C(C)(C)O)C1)C12NI1N2. The number of fused-ring (bicyclic) bond motifs is 1. The summed E-state index contributed by atoms with van der Waals surface area (Å²) >= 11 is -3.08. The van der Waals surface area contributed by atoms with Crippen molar-refractivity contribution in [3.8, 4) is 0 Å². The third-order valence-electron chi connectivity index (χ3n) is 10.7. The molecule has 0 bridgehead atoms. The Balaban J connectivity index is 1.50. The van der Waals surface area contributed by atoms with Crippen LogP contribution < -0.4 is 10.6 Å². The fourth-order valence-electron chi connectivity index (χ4n) is 7.57. The van der Waals surface area contributed by atoms with Crippen molar-refractivity contribution < 1.29 is 30.0 Å². The molecule has 0 aromatic rings. The van der Waals surface area contributed by atoms with Crippen molar-refractivity contribution >= 4 is 46.4 Å². The molecule has 5 fully saturated rings. The van der Waals surface area contributed by atoms with Crippen molar-refractivity contribution in [3.63, 3.8) is 0 Å². The molecule has 0 aromatic carbocycles. The molecule has 2 saturated carbocycles. The van der Waals surface area contributed by atoms with Crippen molar-refractivity contribution in [2.45, 2.75) is 130 Å². The summed E-state index contributed by atoms with van der Waals surface area (Å²) in [4.78, 5) is 16.4. The molecule has 0 spiro atoms. The Morgan fingerprint density at radius 3 is 1.23 bits per heavy atom. The molecule has 2 aliphatic carbocycles. The fourth-order valence-corrected chi connectivity index (χ4v) is 22.3. The zero-order valence-electron chi connectivity index (χ0n) is 25.6. The molecule has 9 nitrogen and oxygen atoms in total. The quantitative estimate of drug-likeness (QED) is 0.0460. The van der Waals surface area contributed by atoms with Crippen LogP contribution in [0.2, 0.25) is 0 Å². The van der Waals surface area contributed by atoms with E-state index in [1.54, 1.807) is 0 Å². The second kappa shape index (κ2) is 10.1. The summed E-state index contributed by atoms with van der Waals surface area (Å²) in [5, 5.41) is 44.6. The number of hydrogen-bond acceptors (Lipinski definition) is 9. The van der Waals surface area contributed by atoms with Crippen molar-refractivity contribution in [3.05, 3.63) is 0 Å². The van der Waals surface area contributed by atoms with Gasteiger partial charge in [-0.25, -0.2) is 0 Å². The molecular weight excluding hydrogens is 740 g/mol. The van der Waals surface area contributed by atoms with Crippen LogP contribution in [-0.4, -0.2) is 67.0 Å². The molecule has 5 atom stereocenters. The van der Waals surface area contributed by atoms with Gasteiger partial charge in [0.1, 0.15) is 0 Å². The number of aliphatic hydroxyl groups is 4. The molecule has 5 rings (SSSR count). The van der Waals surface area contributed by atoms with Crippen LogP contribution in [0, 0.1) is 35.5 Å². The number of halogens is 2. The van der Waals surface area contributed by atoms with Gasteiger partial charge in [0, 0.05) is 0 Å². The van der Waals surface area contributed by atoms with Gasteiger partial charge in [-0.15, -0.1) is 0 Å². The topological polar surface area (TPSA) is 173 Å². The van der Waals surface area contributed by atoms with Gasteiger partial charge in [-0.1, -0.05) is 0 Å². The number of alkyl halides is 3. The first-order valence-electron chi connectivity index (χ1n) is 14.8. The van der Waals surface area contributed by atoms with E-state index in [1.165, 1.54) is 0 Å². The number of esters is 1. The van der Waals surface area contributed by atoms with Crippen molar-refractivity contribution in [2.75, 3.05) is 4.93 Å². The van der Waals surface area contributed by atoms with Gasteiger partial charge in [-0.05, 0) is 0 Å². The van der Waals surface area contributed by atoms with Crippen LogP contribution in [0.15, 0.2) is 0 Å². The Kier molecular flexibility index (Phi) is 8.08. The van der Waals surface area contributed by atoms with Crippen molar-refractivity contribution in [2.24, 2.45) is 35.5 Å². The molecule has 3 heterocycles. The van der Waals surface area contributed by atoms with E-state index in [1.807, 2.05) is 55.4 Å². The molecule has 40 heavy (non-hydrogen) atoms. The predicted molar refractivity (Wildman–Crippen MR) is 173 cm³/mol. The molecule has 5 unspecified atom stereocenters. The third-order valence-corrected chi connectivity index (χ3v) is 21.4. The number of ether oxygens (including phenoxy) is 1. The fraction of sp³-hybridized carbons (Fsp3) is 0.966. The van der Waals surface area contributed by atoms with Crippen LogP contribution in [0.25, 0.3) is 0 Å². The number of nitrogens with one attached hydrogen (secondary N) is 3. The van der Waals surface area contributed by atoms with Gasteiger partial charge in [-0.3, -0.25) is 0 Å². The van der Waals surface area contributed by atoms with E-state index in [4.69, 9.17) is 4.74 Å². The minimum absolute atomic E-state index is 0.0418. The van der Waals surface area contributed by atoms with Crippen LogP contribution >= 0.6 is 40.5 Å². The van der Waals surface area contributed by atoms with Crippen LogP contribution in [0.4, 0.5) is 0 Å². The van der Waals surface area contributed by atoms with Gasteiger partial charge in [0.2, 0.25) is 0 Å². The summed E-state index contributed by atoms with van der Waals surface area (Å²) < 4.78 is 16.6. The number of hydrogen-bond donors (Lipinski definition) is 7. The average Bonchev–Trinajstić information content (AvgIpc) is 3.71. The number of carbonyl (C=O) groups excluding carboxylic acids is 1. The van der Waals surface area contributed by atoms with Gasteiger partial charge >= 0.3 is 257 Å². The van der Waals surface area contributed by atoms with E-state index in [-0.39, 0.29) is 45.1 Å². The van der Waals surface area contributed by atoms with Crippen molar-refractivity contribution in [1.82, 2.24) is 10.6 Å². The molecule has 0 radical (unpaired) electrons. The Morgan fingerprint density at radius 1 is 0.700 bits per heavy atom. The van der Waals surface area contributed by atoms with E-state index in [2.05, 4.69) is 15.5 Å². The van der Waals surface area contributed by atoms with Gasteiger partial charge in [0.05, 0.1) is 0 Å². The van der Waals surface area contributed by atoms with Crippen LogP contribution in [-0.2, 0) is 9.53 Å². The summed E-state index contributed by atoms with van der Waals surface area (Å²) in [7, 11) is 0. The third kappa shape index (κ3) is 5.87. The van der Waals surface area contributed by atoms with Crippen LogP contribution in [0.1, 0.15) is 93.9 Å². The first-order chi connectivity index (χ1) is 18.1. The van der Waals surface area contributed by atoms with E-state index in [0.717, 1.165) is 0 Å². The molecule has 5 aliphatic rings. The standard InChI is InChI=1S/C29H53I2N3O6/c1-24(2,36)18-10-16(11-19(14-18)25(3,4)37)22(40-23(35)28(30(9)32-28)29-31(33-29)34-29)17-12-20(26(5,6)38)15-21(13-17)27(7,8)39/h16-22,32-34,36-39H,10-15H2,1-9H3. The van der Waals surface area contributed by atoms with Gasteiger partial charge in [-0.2, -0.15) is 0 Å². The summed E-state index contributed by atoms with van der Waals surface area (Å²) in [6.45, 7) is 14.8. The number of rotatable bonds is 9. The molecule has 3 aliphatic heterocycles. The Bertz CT molecular complexity index is 902. The second-order valence-corrected chi connectivity index (χ2v) is 24.7. The van der Waals surface area contributed by atoms with Crippen LogP contribution in [0.5, 0.6) is 0 Å². The van der Waals surface area contributed by atoms with E-state index in [9.17, 15) is 25.2 Å². The molecule has 0 aromatic heterocycles. The summed E-state index contributed by atoms with van der Waals surface area (Å²) in [6.07, 6.45) is 3.85. The monoisotopic (exact) mass is 793 g/mol. The Morgan fingerprint density at radius 2 is 1.00 bits per heavy atom. The summed E-state index contributed by atoms with van der Waals surface area (Å²) in [6, 6.07) is 0. The predicted octanol–water partition coefficient (Wildman–Crippen LogP) is 3.59. The van der Waals surface area contributed by atoms with E-state index < -0.39 is 72.5 Å². The average molecular weight is 794 g/mol. The Labute approximate surface area is 255 Å². The molecule has 0 amide bonds. The summed E-state index contributed by atoms with van der Waals surface area (Å²) in [5.74, 6) is -0.417. The first-order valence-corrected chi connectivity index (χ1v) is 22.4. The number of carbonyl (C=O) groups is 1. The van der Waals surface area contributed by atoms with Gasteiger partial charge in [0.15, 0.2) is 0 Å². The maximum atomic E-state index is 14.2. The molecule has 7 N–H and O–H groups in total. The normalized spacial score (nSPS) is 40.2. The zero-order chi connectivity index (χ0) is 29.8. The zero-order valence-corrected chi connectivity index (χ0v) is 30.0. The first kappa shape index (κ1) is 32.1. The second-order valence-electron chi connectivity index (χ2n) is 15.6.